The summed E-state index contributed by atoms with van der Waals surface area (Å²) in [5.41, 5.74) is 5.05. The second-order valence-electron chi connectivity index (χ2n) is 9.81. The Morgan fingerprint density at radius 3 is 2.52 bits per heavy atom. The van der Waals surface area contributed by atoms with Crippen molar-refractivity contribution in [1.29, 1.82) is 0 Å². The molecule has 15 nitrogen and oxygen atoms in total. The summed E-state index contributed by atoms with van der Waals surface area (Å²) < 4.78 is 40.7. The number of amides is 1. The molecule has 0 saturated carbocycles. The highest BCUT2D eigenvalue weighted by atomic mass is 16.7. The summed E-state index contributed by atoms with van der Waals surface area (Å²) in [4.78, 5) is 11.5. The molecule has 2 aliphatic heterocycles. The van der Waals surface area contributed by atoms with Crippen molar-refractivity contribution in [2.75, 3.05) is 79.2 Å². The number of carbonyl (C=O) groups excluding carboxylic acids is 1. The first-order chi connectivity index (χ1) is 19.4. The molecule has 230 valence electrons. The number of hydrogen-bond donors (Lipinski definition) is 4. The summed E-state index contributed by atoms with van der Waals surface area (Å²) >= 11 is 0. The van der Waals surface area contributed by atoms with Crippen molar-refractivity contribution in [3.05, 3.63) is 11.9 Å². The van der Waals surface area contributed by atoms with Gasteiger partial charge in [0.2, 0.25) is 5.91 Å². The van der Waals surface area contributed by atoms with E-state index in [1.54, 1.807) is 17.8 Å². The van der Waals surface area contributed by atoms with E-state index in [4.69, 9.17) is 38.9 Å². The molecule has 0 aromatic carbocycles. The van der Waals surface area contributed by atoms with Crippen LogP contribution in [0, 0.1) is 5.92 Å². The van der Waals surface area contributed by atoms with E-state index in [1.807, 2.05) is 0 Å². The smallest absolute Gasteiger partial charge is 0.220 e. The number of nitrogens with two attached hydrogens (primary N) is 1. The Labute approximate surface area is 234 Å². The summed E-state index contributed by atoms with van der Waals surface area (Å²) in [6.07, 6.45) is 0.412. The summed E-state index contributed by atoms with van der Waals surface area (Å²) in [6.45, 7) is 7.19. The average Bonchev–Trinajstić information content (AvgIpc) is 3.59. The highest BCUT2D eigenvalue weighted by Gasteiger charge is 2.57. The molecule has 0 unspecified atom stereocenters. The number of ether oxygens (including phenoxy) is 7. The van der Waals surface area contributed by atoms with Crippen LogP contribution >= 0.6 is 0 Å². The number of fused-ring (bicyclic) bond motifs is 2. The molecule has 2 saturated heterocycles. The molecular weight excluding hydrogens is 530 g/mol. The Hall–Kier alpha value is -1.79. The number of rotatable bonds is 22. The maximum atomic E-state index is 11.5. The van der Waals surface area contributed by atoms with Crippen LogP contribution < -0.4 is 11.1 Å². The van der Waals surface area contributed by atoms with Gasteiger partial charge in [-0.1, -0.05) is 12.1 Å². The van der Waals surface area contributed by atoms with Crippen molar-refractivity contribution in [3.8, 4) is 0 Å². The third kappa shape index (κ3) is 10.6. The third-order valence-electron chi connectivity index (χ3n) is 6.61. The lowest BCUT2D eigenvalue weighted by molar-refractivity contribution is -0.248. The first-order valence-corrected chi connectivity index (χ1v) is 13.9. The zero-order valence-electron chi connectivity index (χ0n) is 23.3. The molecule has 3 rings (SSSR count). The van der Waals surface area contributed by atoms with E-state index in [1.165, 1.54) is 0 Å². The van der Waals surface area contributed by atoms with Gasteiger partial charge in [-0.2, -0.15) is 0 Å². The molecule has 2 fully saturated rings. The van der Waals surface area contributed by atoms with Crippen molar-refractivity contribution in [2.45, 2.75) is 57.0 Å². The molecular formula is C25H45N5O10. The van der Waals surface area contributed by atoms with Crippen molar-refractivity contribution in [1.82, 2.24) is 20.3 Å². The normalized spacial score (nSPS) is 25.9. The molecule has 15 heteroatoms. The van der Waals surface area contributed by atoms with Crippen LogP contribution in [0.2, 0.25) is 0 Å². The number of aliphatic hydroxyl groups excluding tert-OH is 2. The lowest BCUT2D eigenvalue weighted by atomic mass is 9.86. The first-order valence-electron chi connectivity index (χ1n) is 13.9. The van der Waals surface area contributed by atoms with Crippen molar-refractivity contribution in [3.63, 3.8) is 0 Å². The molecule has 2 aliphatic rings. The maximum Gasteiger partial charge on any atom is 0.220 e. The van der Waals surface area contributed by atoms with Crippen LogP contribution in [0.4, 0.5) is 0 Å². The molecule has 0 aliphatic carbocycles. The van der Waals surface area contributed by atoms with Gasteiger partial charge >= 0.3 is 0 Å². The average molecular weight is 576 g/mol. The van der Waals surface area contributed by atoms with Gasteiger partial charge in [0.25, 0.3) is 0 Å². The highest BCUT2D eigenvalue weighted by molar-refractivity contribution is 5.75. The second kappa shape index (κ2) is 17.9. The molecule has 1 aromatic heterocycles. The van der Waals surface area contributed by atoms with Crippen molar-refractivity contribution in [2.24, 2.45) is 11.7 Å². The quantitative estimate of drug-likeness (QED) is 0.113. The predicted molar refractivity (Wildman–Crippen MR) is 139 cm³/mol. The SMILES string of the molecule is C[C@@H]1[C@H]2OC[C@](COCCOCCOCCOCCn3cc(COCCNC(=O)CCCN)nn3)(O2)[C@H](O)[C@@H]1O. The Kier molecular flexibility index (Phi) is 14.6. The minimum absolute atomic E-state index is 0.0242. The lowest BCUT2D eigenvalue weighted by Gasteiger charge is -2.41. The van der Waals surface area contributed by atoms with Gasteiger partial charge in [-0.3, -0.25) is 4.79 Å². The van der Waals surface area contributed by atoms with Gasteiger partial charge in [0.15, 0.2) is 6.29 Å². The summed E-state index contributed by atoms with van der Waals surface area (Å²) in [5.74, 6) is -0.317. The lowest BCUT2D eigenvalue weighted by Crippen LogP contribution is -2.60. The number of nitrogens with zero attached hydrogens (tertiary/aromatic N) is 3. The van der Waals surface area contributed by atoms with E-state index in [0.717, 1.165) is 0 Å². The number of nitrogens with one attached hydrogen (secondary N) is 1. The molecule has 3 heterocycles. The minimum atomic E-state index is -1.06. The Morgan fingerprint density at radius 2 is 1.80 bits per heavy atom. The molecule has 1 amide bonds. The van der Waals surface area contributed by atoms with E-state index in [-0.39, 0.29) is 25.0 Å². The van der Waals surface area contributed by atoms with Gasteiger partial charge < -0.3 is 54.4 Å². The van der Waals surface area contributed by atoms with Crippen molar-refractivity contribution < 1.29 is 48.2 Å². The summed E-state index contributed by atoms with van der Waals surface area (Å²) in [7, 11) is 0. The fourth-order valence-corrected chi connectivity index (χ4v) is 4.22. The van der Waals surface area contributed by atoms with E-state index in [2.05, 4.69) is 15.6 Å². The van der Waals surface area contributed by atoms with Crippen LogP contribution in [0.25, 0.3) is 0 Å². The van der Waals surface area contributed by atoms with Gasteiger partial charge in [-0.15, -0.1) is 5.10 Å². The Balaban J connectivity index is 1.08. The van der Waals surface area contributed by atoms with Crippen LogP contribution in [-0.2, 0) is 51.1 Å². The van der Waals surface area contributed by atoms with Crippen molar-refractivity contribution >= 4 is 5.91 Å². The maximum absolute atomic E-state index is 11.5. The number of hydrogen-bond acceptors (Lipinski definition) is 13. The van der Waals surface area contributed by atoms with E-state index in [9.17, 15) is 15.0 Å². The Morgan fingerprint density at radius 1 is 1.10 bits per heavy atom. The van der Waals surface area contributed by atoms with Crippen LogP contribution in [0.5, 0.6) is 0 Å². The van der Waals surface area contributed by atoms with Gasteiger partial charge in [0.1, 0.15) is 17.4 Å². The van der Waals surface area contributed by atoms with Crippen LogP contribution in [0.1, 0.15) is 25.5 Å². The molecule has 2 bridgehead atoms. The van der Waals surface area contributed by atoms with Crippen LogP contribution in [0.15, 0.2) is 6.20 Å². The molecule has 5 N–H and O–H groups in total. The second-order valence-corrected chi connectivity index (χ2v) is 9.81. The first kappa shape index (κ1) is 32.7. The summed E-state index contributed by atoms with van der Waals surface area (Å²) in [6, 6.07) is 0. The largest absolute Gasteiger partial charge is 0.390 e. The van der Waals surface area contributed by atoms with Crippen LogP contribution in [-0.4, -0.2) is 134 Å². The zero-order chi connectivity index (χ0) is 28.6. The minimum Gasteiger partial charge on any atom is -0.390 e. The predicted octanol–water partition coefficient (Wildman–Crippen LogP) is -1.80. The van der Waals surface area contributed by atoms with E-state index >= 15 is 0 Å². The van der Waals surface area contributed by atoms with Gasteiger partial charge in [0.05, 0.1) is 91.5 Å². The molecule has 40 heavy (non-hydrogen) atoms. The standard InChI is InChI=1S/C25H45N5O10/c1-19-22(32)23(33)25(18-39-24(19)40-25)17-38-14-13-36-12-11-35-10-9-34-8-6-30-15-20(28-29-30)16-37-7-5-27-21(31)3-2-4-26/h15,19,22-24,32-33H,2-14,16-18,26H2,1H3,(H,27,31)/t19-,22+,23+,24-,25-/m0/s1. The molecule has 5 atom stereocenters. The zero-order valence-corrected chi connectivity index (χ0v) is 23.3. The van der Waals surface area contributed by atoms with E-state index in [0.29, 0.717) is 97.6 Å². The van der Waals surface area contributed by atoms with Gasteiger partial charge in [-0.05, 0) is 13.0 Å². The highest BCUT2D eigenvalue weighted by Crippen LogP contribution is 2.39. The molecule has 0 radical (unpaired) electrons. The van der Waals surface area contributed by atoms with Gasteiger partial charge in [0, 0.05) is 18.9 Å². The van der Waals surface area contributed by atoms with Crippen LogP contribution in [0.3, 0.4) is 0 Å². The number of aromatic nitrogens is 3. The number of aliphatic hydroxyl groups is 2. The number of carbonyl (C=O) groups is 1. The Bertz CT molecular complexity index is 849. The van der Waals surface area contributed by atoms with E-state index < -0.39 is 24.1 Å². The summed E-state index contributed by atoms with van der Waals surface area (Å²) in [5, 5.41) is 31.4. The molecule has 1 aromatic rings. The fraction of sp³-hybridized carbons (Fsp3) is 0.880. The fourth-order valence-electron chi connectivity index (χ4n) is 4.22. The van der Waals surface area contributed by atoms with Gasteiger partial charge in [-0.25, -0.2) is 4.68 Å². The topological polar surface area (TPSA) is 191 Å². The third-order valence-corrected chi connectivity index (χ3v) is 6.61. The molecule has 0 spiro atoms. The monoisotopic (exact) mass is 575 g/mol.